The summed E-state index contributed by atoms with van der Waals surface area (Å²) in [4.78, 5) is 35.4. The third-order valence-corrected chi connectivity index (χ3v) is 12.7. The van der Waals surface area contributed by atoms with Gasteiger partial charge in [-0.1, -0.05) is 107 Å². The predicted octanol–water partition coefficient (Wildman–Crippen LogP) is 12.3. The van der Waals surface area contributed by atoms with Gasteiger partial charge in [-0.25, -0.2) is 0 Å². The van der Waals surface area contributed by atoms with E-state index in [-0.39, 0.29) is 5.41 Å². The predicted molar refractivity (Wildman–Crippen MR) is 194 cm³/mol. The number of allylic oxidation sites excluding steroid dienone is 4. The van der Waals surface area contributed by atoms with E-state index in [1.54, 1.807) is 0 Å². The van der Waals surface area contributed by atoms with Gasteiger partial charge in [0.05, 0.1) is 0 Å². The van der Waals surface area contributed by atoms with Crippen LogP contribution >= 0.6 is 0 Å². The molecule has 45 heavy (non-hydrogen) atoms. The minimum atomic E-state index is 0.265. The maximum absolute atomic E-state index is 12.2. The van der Waals surface area contributed by atoms with Crippen molar-refractivity contribution in [3.05, 3.63) is 23.8 Å². The van der Waals surface area contributed by atoms with Crippen molar-refractivity contribution in [1.82, 2.24) is 0 Å². The molecule has 0 aromatic carbocycles. The molecule has 3 heteroatoms. The number of rotatable bonds is 6. The van der Waals surface area contributed by atoms with E-state index in [2.05, 4.69) is 47.6 Å². The second kappa shape index (κ2) is 19.3. The molecule has 5 rings (SSSR count). The smallest absolute Gasteiger partial charge is 0.162 e. The summed E-state index contributed by atoms with van der Waals surface area (Å²) in [5.41, 5.74) is 2.16. The van der Waals surface area contributed by atoms with E-state index in [4.69, 9.17) is 0 Å². The van der Waals surface area contributed by atoms with Crippen LogP contribution in [0.4, 0.5) is 0 Å². The fourth-order valence-corrected chi connectivity index (χ4v) is 9.15. The van der Waals surface area contributed by atoms with Gasteiger partial charge in [-0.3, -0.25) is 14.4 Å². The molecule has 0 aromatic rings. The number of fused-ring (bicyclic) bond motifs is 5. The van der Waals surface area contributed by atoms with Crippen LogP contribution in [0.1, 0.15) is 179 Å². The zero-order chi connectivity index (χ0) is 34.4. The van der Waals surface area contributed by atoms with Gasteiger partial charge in [-0.05, 0) is 111 Å². The molecule has 0 N–H and O–H groups in total. The van der Waals surface area contributed by atoms with Gasteiger partial charge in [0.25, 0.3) is 0 Å². The van der Waals surface area contributed by atoms with Crippen LogP contribution in [-0.2, 0) is 14.4 Å². The summed E-state index contributed by atoms with van der Waals surface area (Å²) in [6.07, 6.45) is 22.7. The molecule has 0 amide bonds. The normalized spacial score (nSPS) is 32.9. The molecule has 4 fully saturated rings. The number of ketones is 3. The molecule has 0 aliphatic heterocycles. The van der Waals surface area contributed by atoms with Gasteiger partial charge in [0.2, 0.25) is 0 Å². The van der Waals surface area contributed by atoms with Crippen LogP contribution < -0.4 is 0 Å². The largest absolute Gasteiger partial charge is 0.300 e. The Kier molecular flexibility index (Phi) is 17.8. The molecular weight excluding hydrogens is 552 g/mol. The Labute approximate surface area is 280 Å². The molecule has 260 valence electrons. The number of hydrogen-bond acceptors (Lipinski definition) is 3. The van der Waals surface area contributed by atoms with E-state index in [1.807, 2.05) is 53.7 Å². The number of Topliss-reactive ketones (excluding diaryl/α,β-unsaturated/α-hetero) is 3. The summed E-state index contributed by atoms with van der Waals surface area (Å²) in [7, 11) is 0. The molecule has 5 aliphatic carbocycles. The van der Waals surface area contributed by atoms with Crippen molar-refractivity contribution in [2.45, 2.75) is 179 Å². The fraction of sp³-hybridized carbons (Fsp3) is 0.833. The standard InChI is InChI=1S/C21H32O2.C10H14O.C7H16.2C2H6/c1-13(22)17-6-7-18-16-5-4-14-12-15(23)8-10-20(14,2)19(16)9-11-21(17,18)3;1-2-6-10(11)9-7-4-3-5-8-9;1-5-7(3,4)6-2;2*1-2/h14,16-19H,4-12H2,1-3H3;4,7-8H,2-3,5-6H2,1H3;5-6H2,1-4H3;2*1-2H3. The summed E-state index contributed by atoms with van der Waals surface area (Å²) in [5, 5.41) is 0. The highest BCUT2D eigenvalue weighted by atomic mass is 16.1. The first kappa shape index (κ1) is 41.5. The Morgan fingerprint density at radius 3 is 1.98 bits per heavy atom. The lowest BCUT2D eigenvalue weighted by molar-refractivity contribution is -0.143. The van der Waals surface area contributed by atoms with Crippen LogP contribution in [0.15, 0.2) is 23.8 Å². The molecule has 0 heterocycles. The first-order valence-electron chi connectivity index (χ1n) is 19.2. The van der Waals surface area contributed by atoms with Crippen molar-refractivity contribution < 1.29 is 14.4 Å². The van der Waals surface area contributed by atoms with E-state index < -0.39 is 0 Å². The molecule has 5 aliphatic rings. The topological polar surface area (TPSA) is 51.2 Å². The van der Waals surface area contributed by atoms with Gasteiger partial charge in [-0.2, -0.15) is 0 Å². The molecule has 7 unspecified atom stereocenters. The maximum Gasteiger partial charge on any atom is 0.162 e. The lowest BCUT2D eigenvalue weighted by Crippen LogP contribution is -2.53. The van der Waals surface area contributed by atoms with E-state index in [0.717, 1.165) is 68.3 Å². The highest BCUT2D eigenvalue weighted by molar-refractivity contribution is 5.98. The minimum Gasteiger partial charge on any atom is -0.300 e. The molecule has 0 saturated heterocycles. The SMILES string of the molecule is CC.CC.CC(=O)C1CCC2C3CCC4CC(=O)CCC4(C)C3CCC12C.CCC(C)(C)CC.CCCC(=O)C1=CCCC=C1. The van der Waals surface area contributed by atoms with E-state index in [1.165, 1.54) is 44.9 Å². The highest BCUT2D eigenvalue weighted by Crippen LogP contribution is 2.67. The van der Waals surface area contributed by atoms with Crippen LogP contribution in [0.2, 0.25) is 0 Å². The van der Waals surface area contributed by atoms with Crippen LogP contribution in [0.5, 0.6) is 0 Å². The van der Waals surface area contributed by atoms with E-state index >= 15 is 0 Å². The quantitative estimate of drug-likeness (QED) is 0.295. The monoisotopic (exact) mass is 627 g/mol. The Morgan fingerprint density at radius 1 is 0.844 bits per heavy atom. The lowest BCUT2D eigenvalue weighted by Gasteiger charge is -2.60. The Hall–Kier alpha value is -1.51. The van der Waals surface area contributed by atoms with Crippen molar-refractivity contribution in [2.24, 2.45) is 45.8 Å². The molecule has 7 atom stereocenters. The van der Waals surface area contributed by atoms with Gasteiger partial charge < -0.3 is 0 Å². The molecule has 0 aromatic heterocycles. The summed E-state index contributed by atoms with van der Waals surface area (Å²) in [6.45, 7) is 25.8. The second-order valence-electron chi connectivity index (χ2n) is 15.4. The summed E-state index contributed by atoms with van der Waals surface area (Å²) in [6, 6.07) is 0. The molecule has 3 nitrogen and oxygen atoms in total. The van der Waals surface area contributed by atoms with Gasteiger partial charge in [0.1, 0.15) is 11.6 Å². The molecule has 0 bridgehead atoms. The second-order valence-corrected chi connectivity index (χ2v) is 15.4. The van der Waals surface area contributed by atoms with Crippen molar-refractivity contribution in [1.29, 1.82) is 0 Å². The number of hydrogen-bond donors (Lipinski definition) is 0. The zero-order valence-electron chi connectivity index (χ0n) is 32.0. The average molecular weight is 627 g/mol. The average Bonchev–Trinajstić information content (AvgIpc) is 3.42. The molecular formula is C42H74O3. The molecule has 0 spiro atoms. The molecule has 0 radical (unpaired) electrons. The van der Waals surface area contributed by atoms with Crippen LogP contribution in [-0.4, -0.2) is 17.3 Å². The van der Waals surface area contributed by atoms with Crippen LogP contribution in [0, 0.1) is 45.8 Å². The van der Waals surface area contributed by atoms with E-state index in [9.17, 15) is 14.4 Å². The third-order valence-electron chi connectivity index (χ3n) is 12.7. The van der Waals surface area contributed by atoms with Crippen molar-refractivity contribution in [3.8, 4) is 0 Å². The van der Waals surface area contributed by atoms with Crippen molar-refractivity contribution >= 4 is 17.3 Å². The fourth-order valence-electron chi connectivity index (χ4n) is 9.15. The first-order valence-corrected chi connectivity index (χ1v) is 19.2. The lowest BCUT2D eigenvalue weighted by atomic mass is 9.44. The Morgan fingerprint density at radius 2 is 1.47 bits per heavy atom. The Bertz CT molecular complexity index is 980. The summed E-state index contributed by atoms with van der Waals surface area (Å²) >= 11 is 0. The van der Waals surface area contributed by atoms with Gasteiger partial charge in [0.15, 0.2) is 5.78 Å². The summed E-state index contributed by atoms with van der Waals surface area (Å²) in [5.74, 6) is 4.55. The van der Waals surface area contributed by atoms with Crippen molar-refractivity contribution in [3.63, 3.8) is 0 Å². The number of carbonyl (C=O) groups excluding carboxylic acids is 3. The van der Waals surface area contributed by atoms with Crippen LogP contribution in [0.3, 0.4) is 0 Å². The van der Waals surface area contributed by atoms with Gasteiger partial charge in [-0.15, -0.1) is 0 Å². The van der Waals surface area contributed by atoms with Gasteiger partial charge in [0, 0.05) is 30.8 Å². The highest BCUT2D eigenvalue weighted by Gasteiger charge is 2.60. The third kappa shape index (κ3) is 10.5. The zero-order valence-corrected chi connectivity index (χ0v) is 32.0. The van der Waals surface area contributed by atoms with Crippen LogP contribution in [0.25, 0.3) is 0 Å². The first-order chi connectivity index (χ1) is 21.3. The van der Waals surface area contributed by atoms with Gasteiger partial charge >= 0.3 is 0 Å². The minimum absolute atomic E-state index is 0.265. The van der Waals surface area contributed by atoms with Crippen molar-refractivity contribution in [2.75, 3.05) is 0 Å². The number of carbonyl (C=O) groups is 3. The molecule has 4 saturated carbocycles. The Balaban J connectivity index is 0.000000385. The summed E-state index contributed by atoms with van der Waals surface area (Å²) < 4.78 is 0. The maximum atomic E-state index is 12.2. The van der Waals surface area contributed by atoms with E-state index in [0.29, 0.717) is 46.4 Å².